The Morgan fingerprint density at radius 2 is 1.53 bits per heavy atom. The quantitative estimate of drug-likeness (QED) is 0.364. The molecule has 5 aromatic rings. The van der Waals surface area contributed by atoms with Crippen LogP contribution in [0.3, 0.4) is 0 Å². The van der Waals surface area contributed by atoms with E-state index in [4.69, 9.17) is 0 Å². The fraction of sp³-hybridized carbons (Fsp3) is 0.133. The van der Waals surface area contributed by atoms with Crippen molar-refractivity contribution in [3.8, 4) is 16.8 Å². The minimum absolute atomic E-state index is 0.0208. The van der Waals surface area contributed by atoms with Crippen LogP contribution in [0.5, 0.6) is 0 Å². The standard InChI is InChI=1S/C30H25N3O4S/c34-29-26-14-4-5-15-27(26)31-30(35)33(29)24-12-8-13-25(20-24)38(36,37)32-18-7-6-11-22-16-17-23(19-28(22)32)21-9-2-1-3-10-21/h1-5,8-10,12-17,19-20H,6-7,11,18H2,(H,31,35). The zero-order valence-corrected chi connectivity index (χ0v) is 21.3. The zero-order valence-electron chi connectivity index (χ0n) is 20.5. The van der Waals surface area contributed by atoms with Crippen molar-refractivity contribution in [2.45, 2.75) is 24.2 Å². The van der Waals surface area contributed by atoms with Gasteiger partial charge in [0.2, 0.25) is 0 Å². The van der Waals surface area contributed by atoms with Crippen LogP contribution in [0.25, 0.3) is 27.7 Å². The van der Waals surface area contributed by atoms with Crippen LogP contribution in [0.4, 0.5) is 5.69 Å². The Labute approximate surface area is 219 Å². The van der Waals surface area contributed by atoms with Gasteiger partial charge in [0.15, 0.2) is 0 Å². The second-order valence-corrected chi connectivity index (χ2v) is 11.2. The van der Waals surface area contributed by atoms with Crippen molar-refractivity contribution < 1.29 is 8.42 Å². The van der Waals surface area contributed by atoms with Crippen molar-refractivity contribution in [1.29, 1.82) is 0 Å². The number of aryl methyl sites for hydroxylation is 1. The molecule has 7 nitrogen and oxygen atoms in total. The summed E-state index contributed by atoms with van der Waals surface area (Å²) >= 11 is 0. The van der Waals surface area contributed by atoms with E-state index in [-0.39, 0.29) is 10.6 Å². The molecule has 0 saturated heterocycles. The molecule has 190 valence electrons. The maximum absolute atomic E-state index is 14.1. The summed E-state index contributed by atoms with van der Waals surface area (Å²) in [6, 6.07) is 28.6. The summed E-state index contributed by atoms with van der Waals surface area (Å²) in [4.78, 5) is 28.8. The third-order valence-electron chi connectivity index (χ3n) is 6.99. The Morgan fingerprint density at radius 3 is 2.37 bits per heavy atom. The lowest BCUT2D eigenvalue weighted by atomic mass is 10.0. The fourth-order valence-electron chi connectivity index (χ4n) is 5.07. The monoisotopic (exact) mass is 523 g/mol. The van der Waals surface area contributed by atoms with E-state index in [0.29, 0.717) is 23.1 Å². The number of rotatable bonds is 4. The number of aromatic amines is 1. The highest BCUT2D eigenvalue weighted by molar-refractivity contribution is 7.92. The van der Waals surface area contributed by atoms with Crippen molar-refractivity contribution in [1.82, 2.24) is 9.55 Å². The summed E-state index contributed by atoms with van der Waals surface area (Å²) in [6.07, 6.45) is 2.39. The normalized spacial score (nSPS) is 13.7. The van der Waals surface area contributed by atoms with Crippen molar-refractivity contribution in [3.63, 3.8) is 0 Å². The number of para-hydroxylation sites is 1. The topological polar surface area (TPSA) is 92.2 Å². The number of benzene rings is 4. The van der Waals surface area contributed by atoms with Gasteiger partial charge < -0.3 is 4.98 Å². The maximum Gasteiger partial charge on any atom is 0.333 e. The molecule has 1 aliphatic rings. The molecular formula is C30H25N3O4S. The van der Waals surface area contributed by atoms with Crippen LogP contribution in [0.2, 0.25) is 0 Å². The molecule has 8 heteroatoms. The summed E-state index contributed by atoms with van der Waals surface area (Å²) in [7, 11) is -3.99. The van der Waals surface area contributed by atoms with Gasteiger partial charge in [-0.15, -0.1) is 0 Å². The van der Waals surface area contributed by atoms with Gasteiger partial charge in [-0.2, -0.15) is 0 Å². The van der Waals surface area contributed by atoms with E-state index in [2.05, 4.69) is 4.98 Å². The van der Waals surface area contributed by atoms with E-state index in [0.717, 1.165) is 40.5 Å². The third kappa shape index (κ3) is 4.13. The van der Waals surface area contributed by atoms with E-state index in [1.807, 2.05) is 48.5 Å². The van der Waals surface area contributed by atoms with Gasteiger partial charge in [-0.3, -0.25) is 9.10 Å². The van der Waals surface area contributed by atoms with E-state index in [1.54, 1.807) is 36.4 Å². The molecule has 0 atom stereocenters. The number of hydrogen-bond acceptors (Lipinski definition) is 4. The Morgan fingerprint density at radius 1 is 0.737 bits per heavy atom. The molecule has 38 heavy (non-hydrogen) atoms. The molecule has 0 saturated carbocycles. The second-order valence-electron chi connectivity index (χ2n) is 9.36. The van der Waals surface area contributed by atoms with Crippen LogP contribution in [0.1, 0.15) is 18.4 Å². The molecule has 0 spiro atoms. The van der Waals surface area contributed by atoms with Crippen LogP contribution in [0, 0.1) is 0 Å². The molecule has 6 rings (SSSR count). The molecule has 0 fully saturated rings. The summed E-state index contributed by atoms with van der Waals surface area (Å²) in [6.45, 7) is 0.342. The van der Waals surface area contributed by atoms with Gasteiger partial charge >= 0.3 is 5.69 Å². The Kier molecular flexibility index (Phi) is 5.96. The van der Waals surface area contributed by atoms with Crippen molar-refractivity contribution in [3.05, 3.63) is 123 Å². The molecule has 0 unspecified atom stereocenters. The zero-order chi connectivity index (χ0) is 26.3. The Hall–Kier alpha value is -4.43. The first kappa shape index (κ1) is 23.9. The SMILES string of the molecule is O=c1[nH]c2ccccc2c(=O)n1-c1cccc(S(=O)(=O)N2CCCCc3ccc(-c4ccccc4)cc32)c1. The van der Waals surface area contributed by atoms with Crippen LogP contribution >= 0.6 is 0 Å². The highest BCUT2D eigenvalue weighted by atomic mass is 32.2. The predicted molar refractivity (Wildman–Crippen MR) is 150 cm³/mol. The van der Waals surface area contributed by atoms with Crippen molar-refractivity contribution in [2.75, 3.05) is 10.8 Å². The number of hydrogen-bond donors (Lipinski definition) is 1. The summed E-state index contributed by atoms with van der Waals surface area (Å²) in [5, 5.41) is 0.343. The van der Waals surface area contributed by atoms with E-state index in [9.17, 15) is 18.0 Å². The average molecular weight is 524 g/mol. The highest BCUT2D eigenvalue weighted by Crippen LogP contribution is 2.35. The first-order chi connectivity index (χ1) is 18.4. The third-order valence-corrected chi connectivity index (χ3v) is 8.80. The summed E-state index contributed by atoms with van der Waals surface area (Å²) < 4.78 is 30.6. The summed E-state index contributed by atoms with van der Waals surface area (Å²) in [5.41, 5.74) is 3.07. The van der Waals surface area contributed by atoms with Crippen molar-refractivity contribution >= 4 is 26.6 Å². The first-order valence-corrected chi connectivity index (χ1v) is 13.9. The van der Waals surface area contributed by atoms with Crippen LogP contribution in [0.15, 0.2) is 112 Å². The maximum atomic E-state index is 14.1. The minimum Gasteiger partial charge on any atom is -0.306 e. The van der Waals surface area contributed by atoms with Gasteiger partial charge in [-0.25, -0.2) is 17.8 Å². The number of nitrogens with zero attached hydrogens (tertiary/aromatic N) is 2. The molecule has 4 aromatic carbocycles. The second kappa shape index (κ2) is 9.46. The lowest BCUT2D eigenvalue weighted by Crippen LogP contribution is -2.34. The smallest absolute Gasteiger partial charge is 0.306 e. The van der Waals surface area contributed by atoms with Crippen LogP contribution in [-0.4, -0.2) is 24.5 Å². The summed E-state index contributed by atoms with van der Waals surface area (Å²) in [5.74, 6) is 0. The minimum atomic E-state index is -3.99. The molecule has 1 aliphatic heterocycles. The molecular weight excluding hydrogens is 498 g/mol. The van der Waals surface area contributed by atoms with E-state index in [1.165, 1.54) is 16.4 Å². The molecule has 0 bridgehead atoms. The Balaban J connectivity index is 1.47. The number of aromatic nitrogens is 2. The van der Waals surface area contributed by atoms with Gasteiger partial charge in [0.1, 0.15) is 0 Å². The number of nitrogens with one attached hydrogen (secondary N) is 1. The first-order valence-electron chi connectivity index (χ1n) is 12.5. The van der Waals surface area contributed by atoms with Crippen LogP contribution in [-0.2, 0) is 16.4 Å². The van der Waals surface area contributed by atoms with Gasteiger partial charge in [0.25, 0.3) is 15.6 Å². The largest absolute Gasteiger partial charge is 0.333 e. The van der Waals surface area contributed by atoms with Gasteiger partial charge in [-0.05, 0) is 72.4 Å². The lowest BCUT2D eigenvalue weighted by molar-refractivity contribution is 0.589. The number of anilines is 1. The van der Waals surface area contributed by atoms with Crippen LogP contribution < -0.4 is 15.6 Å². The molecule has 2 heterocycles. The molecule has 0 amide bonds. The average Bonchev–Trinajstić information content (AvgIpc) is 3.16. The van der Waals surface area contributed by atoms with Gasteiger partial charge in [0.05, 0.1) is 27.2 Å². The number of sulfonamides is 1. The van der Waals surface area contributed by atoms with E-state index >= 15 is 0 Å². The number of H-pyrrole nitrogens is 1. The number of fused-ring (bicyclic) bond motifs is 2. The predicted octanol–water partition coefficient (Wildman–Crippen LogP) is 4.88. The molecule has 1 N–H and O–H groups in total. The highest BCUT2D eigenvalue weighted by Gasteiger charge is 2.29. The van der Waals surface area contributed by atoms with E-state index < -0.39 is 21.3 Å². The molecule has 1 aromatic heterocycles. The van der Waals surface area contributed by atoms with Crippen molar-refractivity contribution in [2.24, 2.45) is 0 Å². The fourth-order valence-corrected chi connectivity index (χ4v) is 6.64. The van der Waals surface area contributed by atoms with Gasteiger partial charge in [0, 0.05) is 6.54 Å². The lowest BCUT2D eigenvalue weighted by Gasteiger charge is -2.25. The van der Waals surface area contributed by atoms with Gasteiger partial charge in [-0.1, -0.05) is 60.7 Å². The molecule has 0 radical (unpaired) electrons. The Bertz CT molecular complexity index is 1890. The molecule has 0 aliphatic carbocycles.